The Labute approximate surface area is 178 Å². The zero-order valence-electron chi connectivity index (χ0n) is 16.5. The highest BCUT2D eigenvalue weighted by atomic mass is 35.5. The molecule has 1 saturated carbocycles. The number of aromatic hydroxyl groups is 1. The highest BCUT2D eigenvalue weighted by Crippen LogP contribution is 2.42. The number of fused-ring (bicyclic) bond motifs is 1. The molecule has 1 aromatic carbocycles. The predicted molar refractivity (Wildman–Crippen MR) is 115 cm³/mol. The molecule has 148 valence electrons. The van der Waals surface area contributed by atoms with Crippen molar-refractivity contribution in [3.8, 4) is 34.2 Å². The van der Waals surface area contributed by atoms with E-state index in [1.54, 1.807) is 24.7 Å². The Morgan fingerprint density at radius 2 is 1.87 bits per heavy atom. The summed E-state index contributed by atoms with van der Waals surface area (Å²) in [6.45, 7) is 3.77. The van der Waals surface area contributed by atoms with Crippen LogP contribution in [0.5, 0.6) is 5.75 Å². The third-order valence-electron chi connectivity index (χ3n) is 5.69. The normalized spacial score (nSPS) is 13.5. The molecule has 1 aliphatic carbocycles. The summed E-state index contributed by atoms with van der Waals surface area (Å²) < 4.78 is 0. The monoisotopic (exact) mass is 415 g/mol. The van der Waals surface area contributed by atoms with Gasteiger partial charge in [0.25, 0.3) is 0 Å². The Hall–Kier alpha value is -3.43. The Bertz CT molecular complexity index is 1350. The molecule has 0 saturated heterocycles. The van der Waals surface area contributed by atoms with Crippen molar-refractivity contribution >= 4 is 22.6 Å². The van der Waals surface area contributed by atoms with Gasteiger partial charge in [0.2, 0.25) is 0 Å². The summed E-state index contributed by atoms with van der Waals surface area (Å²) in [7, 11) is 0. The van der Waals surface area contributed by atoms with Crippen LogP contribution < -0.4 is 0 Å². The second-order valence-corrected chi connectivity index (χ2v) is 8.08. The molecule has 30 heavy (non-hydrogen) atoms. The lowest BCUT2D eigenvalue weighted by molar-refractivity contribution is 0.471. The van der Waals surface area contributed by atoms with E-state index in [4.69, 9.17) is 11.6 Å². The molecule has 3 aromatic heterocycles. The smallest absolute Gasteiger partial charge is 0.140 e. The molecule has 0 bridgehead atoms. The van der Waals surface area contributed by atoms with Gasteiger partial charge in [-0.2, -0.15) is 5.26 Å². The lowest BCUT2D eigenvalue weighted by Crippen LogP contribution is -1.94. The van der Waals surface area contributed by atoms with Gasteiger partial charge in [-0.3, -0.25) is 0 Å². The van der Waals surface area contributed by atoms with Crippen LogP contribution in [0.25, 0.3) is 33.4 Å². The number of hydrogen-bond donors (Lipinski definition) is 2. The van der Waals surface area contributed by atoms with E-state index in [0.717, 1.165) is 35.4 Å². The van der Waals surface area contributed by atoms with Gasteiger partial charge in [-0.1, -0.05) is 17.7 Å². The Kier molecular flexibility index (Phi) is 4.23. The average Bonchev–Trinajstić information content (AvgIpc) is 3.55. The zero-order valence-corrected chi connectivity index (χ0v) is 17.2. The van der Waals surface area contributed by atoms with Crippen molar-refractivity contribution in [2.45, 2.75) is 32.6 Å². The van der Waals surface area contributed by atoms with E-state index < -0.39 is 0 Å². The van der Waals surface area contributed by atoms with Crippen molar-refractivity contribution in [2.24, 2.45) is 0 Å². The van der Waals surface area contributed by atoms with Gasteiger partial charge < -0.3 is 10.1 Å². The van der Waals surface area contributed by atoms with Gasteiger partial charge in [-0.15, -0.1) is 0 Å². The maximum Gasteiger partial charge on any atom is 0.140 e. The van der Waals surface area contributed by atoms with E-state index in [9.17, 15) is 10.4 Å². The summed E-state index contributed by atoms with van der Waals surface area (Å²) in [5, 5.41) is 21.2. The molecule has 2 N–H and O–H groups in total. The van der Waals surface area contributed by atoms with E-state index in [-0.39, 0.29) is 5.75 Å². The lowest BCUT2D eigenvalue weighted by atomic mass is 9.92. The second-order valence-electron chi connectivity index (χ2n) is 7.70. The third-order valence-corrected chi connectivity index (χ3v) is 6.07. The first-order valence-electron chi connectivity index (χ1n) is 9.71. The lowest BCUT2D eigenvalue weighted by Gasteiger charge is -2.13. The molecule has 4 aromatic rings. The molecule has 0 atom stereocenters. The number of aryl methyl sites for hydroxylation is 1. The number of aromatic nitrogens is 4. The van der Waals surface area contributed by atoms with Crippen molar-refractivity contribution in [3.05, 3.63) is 58.3 Å². The van der Waals surface area contributed by atoms with Crippen LogP contribution in [0.15, 0.2) is 30.7 Å². The number of rotatable bonds is 3. The molecule has 1 aliphatic rings. The minimum atomic E-state index is 0.174. The molecule has 0 amide bonds. The topological polar surface area (TPSA) is 98.5 Å². The minimum Gasteiger partial charge on any atom is -0.508 e. The number of nitrogens with one attached hydrogen (secondary N) is 1. The molecule has 5 rings (SSSR count). The molecule has 0 aliphatic heterocycles. The van der Waals surface area contributed by atoms with Crippen LogP contribution in [0.2, 0.25) is 5.02 Å². The van der Waals surface area contributed by atoms with Crippen molar-refractivity contribution in [1.29, 1.82) is 5.26 Å². The van der Waals surface area contributed by atoms with Gasteiger partial charge in [0, 0.05) is 35.6 Å². The highest BCUT2D eigenvalue weighted by molar-refractivity contribution is 6.38. The zero-order chi connectivity index (χ0) is 21.0. The number of aromatic amines is 1. The fraction of sp³-hybridized carbons (Fsp3) is 0.217. The number of hydrogen-bond acceptors (Lipinski definition) is 5. The third kappa shape index (κ3) is 2.82. The standard InChI is InChI=1S/C23H18ClN5O/c1-11-3-6-17(30)12(2)18(11)16-10-28-23-19(15(16)7-25)20(24)21(29-23)14-8-26-22(27-9-14)13-4-5-13/h3,6,8-10,13,30H,4-5H2,1-2H3,(H,28,29). The van der Waals surface area contributed by atoms with Crippen LogP contribution in [0.4, 0.5) is 0 Å². The van der Waals surface area contributed by atoms with Crippen molar-refractivity contribution in [2.75, 3.05) is 0 Å². The number of phenolic OH excluding ortho intramolecular Hbond substituents is 1. The minimum absolute atomic E-state index is 0.174. The van der Waals surface area contributed by atoms with Crippen LogP contribution in [-0.4, -0.2) is 25.0 Å². The van der Waals surface area contributed by atoms with E-state index in [1.807, 2.05) is 19.9 Å². The van der Waals surface area contributed by atoms with Crippen LogP contribution in [0.1, 0.15) is 41.3 Å². The summed E-state index contributed by atoms with van der Waals surface area (Å²) in [6.07, 6.45) is 7.44. The van der Waals surface area contributed by atoms with Crippen LogP contribution in [0.3, 0.4) is 0 Å². The van der Waals surface area contributed by atoms with Gasteiger partial charge in [0.1, 0.15) is 23.3 Å². The fourth-order valence-corrected chi connectivity index (χ4v) is 4.23. The number of nitrogens with zero attached hydrogens (tertiary/aromatic N) is 4. The highest BCUT2D eigenvalue weighted by Gasteiger charge is 2.27. The Balaban J connectivity index is 1.71. The fourth-order valence-electron chi connectivity index (χ4n) is 3.89. The van der Waals surface area contributed by atoms with Crippen molar-refractivity contribution in [1.82, 2.24) is 19.9 Å². The first kappa shape index (κ1) is 18.6. The number of benzene rings is 1. The maximum atomic E-state index is 10.2. The molecule has 3 heterocycles. The van der Waals surface area contributed by atoms with Gasteiger partial charge in [-0.25, -0.2) is 15.0 Å². The molecule has 6 nitrogen and oxygen atoms in total. The predicted octanol–water partition coefficient (Wildman–Crippen LogP) is 5.41. The van der Waals surface area contributed by atoms with E-state index in [1.165, 1.54) is 0 Å². The number of pyridine rings is 1. The molecular weight excluding hydrogens is 398 g/mol. The van der Waals surface area contributed by atoms with Crippen LogP contribution in [-0.2, 0) is 0 Å². The molecule has 0 spiro atoms. The maximum absolute atomic E-state index is 10.2. The van der Waals surface area contributed by atoms with E-state index >= 15 is 0 Å². The second kappa shape index (κ2) is 6.82. The SMILES string of the molecule is Cc1ccc(O)c(C)c1-c1cnc2[nH]c(-c3cnc(C4CC4)nc3)c(Cl)c2c1C#N. The van der Waals surface area contributed by atoms with Crippen molar-refractivity contribution < 1.29 is 5.11 Å². The number of phenols is 1. The average molecular weight is 416 g/mol. The van der Waals surface area contributed by atoms with Gasteiger partial charge in [-0.05, 0) is 49.4 Å². The van der Waals surface area contributed by atoms with Crippen LogP contribution in [0, 0.1) is 25.2 Å². The summed E-state index contributed by atoms with van der Waals surface area (Å²) in [6, 6.07) is 5.77. The first-order chi connectivity index (χ1) is 14.5. The van der Waals surface area contributed by atoms with Crippen LogP contribution >= 0.6 is 11.6 Å². The quantitative estimate of drug-likeness (QED) is 0.466. The largest absolute Gasteiger partial charge is 0.508 e. The van der Waals surface area contributed by atoms with E-state index in [0.29, 0.717) is 44.4 Å². The summed E-state index contributed by atoms with van der Waals surface area (Å²) in [5.41, 5.74) is 5.40. The van der Waals surface area contributed by atoms with E-state index in [2.05, 4.69) is 26.0 Å². The first-order valence-corrected chi connectivity index (χ1v) is 10.1. The molecule has 1 fully saturated rings. The summed E-state index contributed by atoms with van der Waals surface area (Å²) in [5.74, 6) is 1.51. The molecule has 7 heteroatoms. The van der Waals surface area contributed by atoms with Gasteiger partial charge >= 0.3 is 0 Å². The van der Waals surface area contributed by atoms with Gasteiger partial charge in [0.05, 0.1) is 21.7 Å². The molecular formula is C23H18ClN5O. The number of H-pyrrole nitrogens is 1. The summed E-state index contributed by atoms with van der Waals surface area (Å²) in [4.78, 5) is 16.7. The molecule has 0 radical (unpaired) electrons. The molecule has 0 unspecified atom stereocenters. The van der Waals surface area contributed by atoms with Gasteiger partial charge in [0.15, 0.2) is 0 Å². The number of halogens is 1. The Morgan fingerprint density at radius 3 is 2.53 bits per heavy atom. The van der Waals surface area contributed by atoms with Crippen molar-refractivity contribution in [3.63, 3.8) is 0 Å². The number of nitriles is 1. The Morgan fingerprint density at radius 1 is 1.13 bits per heavy atom. The summed E-state index contributed by atoms with van der Waals surface area (Å²) >= 11 is 6.73.